The quantitative estimate of drug-likeness (QED) is 0.731. The number of piperidine rings is 1. The first-order chi connectivity index (χ1) is 14.2. The highest BCUT2D eigenvalue weighted by Gasteiger charge is 2.37. The van der Waals surface area contributed by atoms with Gasteiger partial charge in [0.05, 0.1) is 19.3 Å². The third-order valence-corrected chi connectivity index (χ3v) is 6.42. The Bertz CT molecular complexity index is 873. The van der Waals surface area contributed by atoms with Gasteiger partial charge in [0.2, 0.25) is 0 Å². The Labute approximate surface area is 174 Å². The lowest BCUT2D eigenvalue weighted by molar-refractivity contribution is 0.208. The maximum absolute atomic E-state index is 6.32. The molecule has 2 N–H and O–H groups in total. The molecule has 0 spiro atoms. The first-order valence-electron chi connectivity index (χ1n) is 10.7. The van der Waals surface area contributed by atoms with Crippen LogP contribution in [0.5, 0.6) is 11.5 Å². The molecule has 0 bridgehead atoms. The Morgan fingerprint density at radius 1 is 1.10 bits per heavy atom. The van der Waals surface area contributed by atoms with E-state index in [2.05, 4.69) is 60.5 Å². The standard InChI is InChI=1S/C25H32N2O2/c1-4-25(21-8-6-5-7-20(21)11-14-27-25)22-16-24(23(28-3)15-18(22)2)29-17-19-9-12-26-13-10-19/h4-8,15-16,19,26-27H,1,9-14,17H2,2-3H3. The monoisotopic (exact) mass is 392 g/mol. The third-order valence-electron chi connectivity index (χ3n) is 6.42. The van der Waals surface area contributed by atoms with E-state index in [0.29, 0.717) is 5.92 Å². The average molecular weight is 393 g/mol. The lowest BCUT2D eigenvalue weighted by Crippen LogP contribution is -2.47. The molecule has 1 unspecified atom stereocenters. The molecule has 2 aromatic carbocycles. The van der Waals surface area contributed by atoms with Gasteiger partial charge in [0, 0.05) is 6.54 Å². The van der Waals surface area contributed by atoms with Gasteiger partial charge in [-0.3, -0.25) is 0 Å². The fraction of sp³-hybridized carbons (Fsp3) is 0.440. The molecule has 4 rings (SSSR count). The Morgan fingerprint density at radius 2 is 1.90 bits per heavy atom. The number of benzene rings is 2. The summed E-state index contributed by atoms with van der Waals surface area (Å²) in [5, 5.41) is 7.16. The Morgan fingerprint density at radius 3 is 2.66 bits per heavy atom. The Hall–Kier alpha value is -2.30. The van der Waals surface area contributed by atoms with Crippen molar-refractivity contribution in [1.82, 2.24) is 10.6 Å². The van der Waals surface area contributed by atoms with E-state index in [0.717, 1.165) is 57.0 Å². The summed E-state index contributed by atoms with van der Waals surface area (Å²) in [5.41, 5.74) is 4.58. The molecule has 2 aromatic rings. The molecule has 4 heteroatoms. The van der Waals surface area contributed by atoms with Crippen molar-refractivity contribution in [2.24, 2.45) is 5.92 Å². The van der Waals surface area contributed by atoms with E-state index in [1.54, 1.807) is 7.11 Å². The van der Waals surface area contributed by atoms with Crippen molar-refractivity contribution in [1.29, 1.82) is 0 Å². The smallest absolute Gasteiger partial charge is 0.161 e. The molecule has 0 aliphatic carbocycles. The molecule has 1 saturated heterocycles. The minimum absolute atomic E-state index is 0.419. The van der Waals surface area contributed by atoms with E-state index in [4.69, 9.17) is 9.47 Å². The van der Waals surface area contributed by atoms with E-state index in [1.165, 1.54) is 22.3 Å². The minimum atomic E-state index is -0.419. The number of nitrogens with one attached hydrogen (secondary N) is 2. The normalized spacial score (nSPS) is 22.0. The zero-order chi connectivity index (χ0) is 20.3. The summed E-state index contributed by atoms with van der Waals surface area (Å²) in [5.74, 6) is 2.20. The summed E-state index contributed by atoms with van der Waals surface area (Å²) in [4.78, 5) is 0. The molecule has 2 heterocycles. The van der Waals surface area contributed by atoms with Crippen molar-refractivity contribution >= 4 is 0 Å². The maximum atomic E-state index is 6.32. The molecule has 2 aliphatic heterocycles. The van der Waals surface area contributed by atoms with E-state index in [9.17, 15) is 0 Å². The fourth-order valence-electron chi connectivity index (χ4n) is 4.76. The van der Waals surface area contributed by atoms with Crippen LogP contribution in [0.2, 0.25) is 0 Å². The van der Waals surface area contributed by atoms with E-state index < -0.39 is 5.54 Å². The number of rotatable bonds is 6. The highest BCUT2D eigenvalue weighted by atomic mass is 16.5. The SMILES string of the molecule is C=CC1(c2cc(OCC3CCNCC3)c(OC)cc2C)NCCc2ccccc21. The molecular weight excluding hydrogens is 360 g/mol. The zero-order valence-electron chi connectivity index (χ0n) is 17.6. The number of methoxy groups -OCH3 is 1. The van der Waals surface area contributed by atoms with Crippen LogP contribution in [-0.2, 0) is 12.0 Å². The largest absolute Gasteiger partial charge is 0.493 e. The number of fused-ring (bicyclic) bond motifs is 1. The van der Waals surface area contributed by atoms with Crippen LogP contribution in [0.15, 0.2) is 49.1 Å². The van der Waals surface area contributed by atoms with E-state index in [-0.39, 0.29) is 0 Å². The Balaban J connectivity index is 1.72. The molecule has 0 saturated carbocycles. The van der Waals surface area contributed by atoms with Crippen molar-refractivity contribution < 1.29 is 9.47 Å². The molecule has 29 heavy (non-hydrogen) atoms. The lowest BCUT2D eigenvalue weighted by atomic mass is 9.76. The average Bonchev–Trinajstić information content (AvgIpc) is 2.78. The van der Waals surface area contributed by atoms with Gasteiger partial charge in [0.25, 0.3) is 0 Å². The van der Waals surface area contributed by atoms with Crippen LogP contribution in [0, 0.1) is 12.8 Å². The second kappa shape index (κ2) is 8.60. The summed E-state index contributed by atoms with van der Waals surface area (Å²) < 4.78 is 12.0. The highest BCUT2D eigenvalue weighted by molar-refractivity contribution is 5.56. The highest BCUT2D eigenvalue weighted by Crippen LogP contribution is 2.42. The maximum Gasteiger partial charge on any atom is 0.161 e. The van der Waals surface area contributed by atoms with Crippen molar-refractivity contribution in [3.05, 3.63) is 71.3 Å². The van der Waals surface area contributed by atoms with Crippen LogP contribution in [-0.4, -0.2) is 33.4 Å². The first kappa shape index (κ1) is 20.0. The van der Waals surface area contributed by atoms with Gasteiger partial charge in [0.15, 0.2) is 11.5 Å². The second-order valence-corrected chi connectivity index (χ2v) is 8.17. The molecule has 2 aliphatic rings. The number of aryl methyl sites for hydroxylation is 1. The van der Waals surface area contributed by atoms with Crippen molar-refractivity contribution in [2.45, 2.75) is 31.7 Å². The van der Waals surface area contributed by atoms with Gasteiger partial charge >= 0.3 is 0 Å². The predicted molar refractivity (Wildman–Crippen MR) is 118 cm³/mol. The molecule has 0 amide bonds. The van der Waals surface area contributed by atoms with Crippen LogP contribution in [0.4, 0.5) is 0 Å². The molecule has 4 nitrogen and oxygen atoms in total. The summed E-state index contributed by atoms with van der Waals surface area (Å²) in [6.07, 6.45) is 5.38. The summed E-state index contributed by atoms with van der Waals surface area (Å²) in [6, 6.07) is 12.9. The third kappa shape index (κ3) is 3.79. The van der Waals surface area contributed by atoms with Crippen LogP contribution in [0.25, 0.3) is 0 Å². The predicted octanol–water partition coefficient (Wildman–Crippen LogP) is 3.96. The molecule has 1 fully saturated rings. The summed E-state index contributed by atoms with van der Waals surface area (Å²) >= 11 is 0. The number of ether oxygens (including phenoxy) is 2. The minimum Gasteiger partial charge on any atom is -0.493 e. The van der Waals surface area contributed by atoms with Crippen molar-refractivity contribution in [3.8, 4) is 11.5 Å². The van der Waals surface area contributed by atoms with Gasteiger partial charge < -0.3 is 20.1 Å². The van der Waals surface area contributed by atoms with Crippen LogP contribution >= 0.6 is 0 Å². The topological polar surface area (TPSA) is 42.5 Å². The van der Waals surface area contributed by atoms with Gasteiger partial charge in [-0.25, -0.2) is 0 Å². The van der Waals surface area contributed by atoms with Gasteiger partial charge in [-0.1, -0.05) is 30.3 Å². The Kier molecular flexibility index (Phi) is 5.93. The molecule has 154 valence electrons. The van der Waals surface area contributed by atoms with Gasteiger partial charge in [-0.2, -0.15) is 0 Å². The summed E-state index contributed by atoms with van der Waals surface area (Å²) in [6.45, 7) is 10.2. The van der Waals surface area contributed by atoms with E-state index in [1.807, 2.05) is 6.08 Å². The first-order valence-corrected chi connectivity index (χ1v) is 10.7. The second-order valence-electron chi connectivity index (χ2n) is 8.17. The number of hydrogen-bond donors (Lipinski definition) is 2. The zero-order valence-corrected chi connectivity index (χ0v) is 17.6. The van der Waals surface area contributed by atoms with Crippen LogP contribution < -0.4 is 20.1 Å². The van der Waals surface area contributed by atoms with Gasteiger partial charge in [-0.05, 0) is 79.6 Å². The molecule has 0 radical (unpaired) electrons. The molecule has 0 aromatic heterocycles. The molecule has 1 atom stereocenters. The summed E-state index contributed by atoms with van der Waals surface area (Å²) in [7, 11) is 1.71. The molecular formula is C25H32N2O2. The lowest BCUT2D eigenvalue weighted by Gasteiger charge is -2.39. The fourth-order valence-corrected chi connectivity index (χ4v) is 4.76. The van der Waals surface area contributed by atoms with Crippen LogP contribution in [0.3, 0.4) is 0 Å². The van der Waals surface area contributed by atoms with Crippen LogP contribution in [0.1, 0.15) is 35.1 Å². The van der Waals surface area contributed by atoms with E-state index >= 15 is 0 Å². The van der Waals surface area contributed by atoms with Crippen molar-refractivity contribution in [2.75, 3.05) is 33.4 Å². The van der Waals surface area contributed by atoms with Gasteiger partial charge in [-0.15, -0.1) is 6.58 Å². The number of hydrogen-bond acceptors (Lipinski definition) is 4. The van der Waals surface area contributed by atoms with Crippen molar-refractivity contribution in [3.63, 3.8) is 0 Å². The van der Waals surface area contributed by atoms with Gasteiger partial charge in [0.1, 0.15) is 0 Å².